The third-order valence-corrected chi connectivity index (χ3v) is 5.27. The van der Waals surface area contributed by atoms with Gasteiger partial charge in [0, 0.05) is 17.6 Å². The fraction of sp³-hybridized carbons (Fsp3) is 0.500. The number of nitriles is 1. The summed E-state index contributed by atoms with van der Waals surface area (Å²) in [5.74, 6) is -1.18. The van der Waals surface area contributed by atoms with Crippen molar-refractivity contribution >= 4 is 22.8 Å². The summed E-state index contributed by atoms with van der Waals surface area (Å²) in [6, 6.07) is 9.50. The first-order valence-electron chi connectivity index (χ1n) is 10.0. The predicted molar refractivity (Wildman–Crippen MR) is 106 cm³/mol. The second kappa shape index (κ2) is 9.10. The van der Waals surface area contributed by atoms with Gasteiger partial charge in [-0.3, -0.25) is 4.79 Å². The number of nitrogens with one attached hydrogen (secondary N) is 1. The molecule has 0 unspecified atom stereocenters. The molecule has 1 aromatic heterocycles. The van der Waals surface area contributed by atoms with E-state index in [-0.39, 0.29) is 12.4 Å². The van der Waals surface area contributed by atoms with Crippen LogP contribution in [0.15, 0.2) is 28.7 Å². The second-order valence-corrected chi connectivity index (χ2v) is 7.33. The Balaban J connectivity index is 1.74. The maximum absolute atomic E-state index is 12.7. The highest BCUT2D eigenvalue weighted by Crippen LogP contribution is 2.29. The van der Waals surface area contributed by atoms with Crippen molar-refractivity contribution in [2.24, 2.45) is 0 Å². The first-order valence-corrected chi connectivity index (χ1v) is 10.0. The van der Waals surface area contributed by atoms with Gasteiger partial charge in [-0.05, 0) is 32.8 Å². The first kappa shape index (κ1) is 20.9. The molecule has 1 N–H and O–H groups in total. The molecule has 0 aliphatic heterocycles. The van der Waals surface area contributed by atoms with E-state index in [1.165, 1.54) is 6.92 Å². The highest BCUT2D eigenvalue weighted by atomic mass is 16.6. The van der Waals surface area contributed by atoms with Gasteiger partial charge in [0.1, 0.15) is 11.1 Å². The lowest BCUT2D eigenvalue weighted by Gasteiger charge is -2.32. The topological polar surface area (TPSA) is 102 Å². The van der Waals surface area contributed by atoms with E-state index in [1.807, 2.05) is 25.1 Å². The van der Waals surface area contributed by atoms with E-state index in [4.69, 9.17) is 13.9 Å². The number of furan rings is 1. The van der Waals surface area contributed by atoms with Crippen molar-refractivity contribution in [2.75, 3.05) is 6.61 Å². The van der Waals surface area contributed by atoms with Crippen molar-refractivity contribution in [3.63, 3.8) is 0 Å². The van der Waals surface area contributed by atoms with Crippen LogP contribution in [0.25, 0.3) is 11.0 Å². The maximum atomic E-state index is 12.7. The Kier molecular flexibility index (Phi) is 6.55. The van der Waals surface area contributed by atoms with E-state index < -0.39 is 23.5 Å². The van der Waals surface area contributed by atoms with Crippen molar-refractivity contribution in [1.29, 1.82) is 5.26 Å². The zero-order valence-corrected chi connectivity index (χ0v) is 16.8. The van der Waals surface area contributed by atoms with Crippen LogP contribution < -0.4 is 5.32 Å². The van der Waals surface area contributed by atoms with Gasteiger partial charge in [-0.1, -0.05) is 37.5 Å². The highest BCUT2D eigenvalue weighted by molar-refractivity contribution is 5.97. The molecule has 1 aromatic carbocycles. The van der Waals surface area contributed by atoms with Crippen LogP contribution in [-0.4, -0.2) is 30.1 Å². The molecule has 3 rings (SSSR count). The standard InChI is InChI=1S/C22H26N2O5/c1-3-27-13-17-16-9-5-6-10-18(16)29-19(17)21(26)28-15(2)20(25)24-22(14-23)11-7-4-8-12-22/h5-6,9-10,15H,3-4,7-8,11-13H2,1-2H3,(H,24,25)/t15-/m0/s1. The molecule has 0 spiro atoms. The van der Waals surface area contributed by atoms with Gasteiger partial charge < -0.3 is 19.2 Å². The summed E-state index contributed by atoms with van der Waals surface area (Å²) in [5, 5.41) is 13.1. The molecule has 1 saturated carbocycles. The zero-order chi connectivity index (χ0) is 20.9. The minimum atomic E-state index is -1.05. The van der Waals surface area contributed by atoms with E-state index in [0.29, 0.717) is 30.6 Å². The van der Waals surface area contributed by atoms with Gasteiger partial charge >= 0.3 is 5.97 Å². The van der Waals surface area contributed by atoms with E-state index in [9.17, 15) is 14.9 Å². The number of esters is 1. The Morgan fingerprint density at radius 1 is 1.28 bits per heavy atom. The van der Waals surface area contributed by atoms with Crippen LogP contribution in [-0.2, 0) is 20.9 Å². The third-order valence-electron chi connectivity index (χ3n) is 5.27. The third kappa shape index (κ3) is 4.60. The molecule has 2 aromatic rings. The van der Waals surface area contributed by atoms with Gasteiger partial charge in [-0.25, -0.2) is 4.79 Å². The summed E-state index contributed by atoms with van der Waals surface area (Å²) < 4.78 is 16.5. The fourth-order valence-electron chi connectivity index (χ4n) is 3.64. The Hall–Kier alpha value is -2.85. The smallest absolute Gasteiger partial charge is 0.375 e. The fourth-order valence-corrected chi connectivity index (χ4v) is 3.64. The summed E-state index contributed by atoms with van der Waals surface area (Å²) in [4.78, 5) is 25.3. The lowest BCUT2D eigenvalue weighted by molar-refractivity contribution is -0.130. The average molecular weight is 398 g/mol. The van der Waals surface area contributed by atoms with E-state index in [1.54, 1.807) is 6.07 Å². The molecule has 0 saturated heterocycles. The number of hydrogen-bond acceptors (Lipinski definition) is 6. The number of ether oxygens (including phenoxy) is 2. The van der Waals surface area contributed by atoms with Gasteiger partial charge in [-0.15, -0.1) is 0 Å². The number of amides is 1. The molecule has 1 fully saturated rings. The van der Waals surface area contributed by atoms with Crippen molar-refractivity contribution in [3.8, 4) is 6.07 Å². The monoisotopic (exact) mass is 398 g/mol. The molecule has 1 heterocycles. The molecule has 1 aliphatic carbocycles. The van der Waals surface area contributed by atoms with Crippen molar-refractivity contribution in [2.45, 2.75) is 64.2 Å². The zero-order valence-electron chi connectivity index (χ0n) is 16.8. The van der Waals surface area contributed by atoms with Crippen LogP contribution in [0.3, 0.4) is 0 Å². The number of rotatable bonds is 7. The Labute approximate surface area is 170 Å². The average Bonchev–Trinajstić information content (AvgIpc) is 3.11. The van der Waals surface area contributed by atoms with Crippen LogP contribution in [0.2, 0.25) is 0 Å². The van der Waals surface area contributed by atoms with Gasteiger partial charge in [0.05, 0.1) is 12.7 Å². The molecule has 1 atom stereocenters. The summed E-state index contributed by atoms with van der Waals surface area (Å²) in [5.41, 5.74) is 0.271. The van der Waals surface area contributed by atoms with Crippen LogP contribution in [0.5, 0.6) is 0 Å². The Morgan fingerprint density at radius 2 is 2.00 bits per heavy atom. The van der Waals surface area contributed by atoms with Crippen LogP contribution >= 0.6 is 0 Å². The lowest BCUT2D eigenvalue weighted by atomic mass is 9.83. The predicted octanol–water partition coefficient (Wildman–Crippen LogP) is 3.86. The lowest BCUT2D eigenvalue weighted by Crippen LogP contribution is -2.52. The SMILES string of the molecule is CCOCc1c(C(=O)O[C@@H](C)C(=O)NC2(C#N)CCCCC2)oc2ccccc12. The van der Waals surface area contributed by atoms with Gasteiger partial charge in [0.25, 0.3) is 5.91 Å². The number of carbonyl (C=O) groups excluding carboxylic acids is 2. The first-order chi connectivity index (χ1) is 14.0. The Morgan fingerprint density at radius 3 is 2.69 bits per heavy atom. The van der Waals surface area contributed by atoms with E-state index in [0.717, 1.165) is 24.6 Å². The number of hydrogen-bond donors (Lipinski definition) is 1. The minimum absolute atomic E-state index is 0.0342. The summed E-state index contributed by atoms with van der Waals surface area (Å²) >= 11 is 0. The van der Waals surface area contributed by atoms with Gasteiger partial charge in [-0.2, -0.15) is 5.26 Å². The maximum Gasteiger partial charge on any atom is 0.375 e. The van der Waals surface area contributed by atoms with Crippen molar-refractivity contribution in [3.05, 3.63) is 35.6 Å². The quantitative estimate of drug-likeness (QED) is 0.711. The minimum Gasteiger partial charge on any atom is -0.449 e. The van der Waals surface area contributed by atoms with E-state index in [2.05, 4.69) is 11.4 Å². The molecule has 0 radical (unpaired) electrons. The molecule has 1 amide bonds. The summed E-state index contributed by atoms with van der Waals surface area (Å²) in [7, 11) is 0. The van der Waals surface area contributed by atoms with Crippen LogP contribution in [0, 0.1) is 11.3 Å². The number of carbonyl (C=O) groups is 2. The van der Waals surface area contributed by atoms with Crippen LogP contribution in [0.1, 0.15) is 62.1 Å². The summed E-state index contributed by atoms with van der Waals surface area (Å²) in [6.07, 6.45) is 3.00. The number of para-hydroxylation sites is 1. The van der Waals surface area contributed by atoms with Gasteiger partial charge in [0.2, 0.25) is 5.76 Å². The largest absolute Gasteiger partial charge is 0.449 e. The van der Waals surface area contributed by atoms with Crippen LogP contribution in [0.4, 0.5) is 0 Å². The van der Waals surface area contributed by atoms with Crippen molar-refractivity contribution in [1.82, 2.24) is 5.32 Å². The highest BCUT2D eigenvalue weighted by Gasteiger charge is 2.36. The molecule has 7 heteroatoms. The molecule has 7 nitrogen and oxygen atoms in total. The molecule has 154 valence electrons. The van der Waals surface area contributed by atoms with Gasteiger partial charge in [0.15, 0.2) is 6.10 Å². The Bertz CT molecular complexity index is 921. The molecule has 0 bridgehead atoms. The number of fused-ring (bicyclic) bond motifs is 1. The molecule has 29 heavy (non-hydrogen) atoms. The van der Waals surface area contributed by atoms with E-state index >= 15 is 0 Å². The molecular weight excluding hydrogens is 372 g/mol. The number of nitrogens with zero attached hydrogens (tertiary/aromatic N) is 1. The normalized spacial score (nSPS) is 16.7. The molecular formula is C22H26N2O5. The summed E-state index contributed by atoms with van der Waals surface area (Å²) in [6.45, 7) is 4.05. The number of benzene rings is 1. The second-order valence-electron chi connectivity index (χ2n) is 7.33. The molecule has 1 aliphatic rings. The van der Waals surface area contributed by atoms with Crippen molar-refractivity contribution < 1.29 is 23.5 Å².